The van der Waals surface area contributed by atoms with E-state index in [0.29, 0.717) is 18.5 Å². The number of nitrogens with zero attached hydrogens (tertiary/aromatic N) is 3. The van der Waals surface area contributed by atoms with Crippen molar-refractivity contribution in [3.05, 3.63) is 71.0 Å². The van der Waals surface area contributed by atoms with Crippen LogP contribution >= 0.6 is 0 Å². The van der Waals surface area contributed by atoms with Gasteiger partial charge in [0.1, 0.15) is 6.04 Å². The molecule has 0 aliphatic carbocycles. The second-order valence-electron chi connectivity index (χ2n) is 7.70. The Kier molecular flexibility index (Phi) is 6.48. The lowest BCUT2D eigenvalue weighted by Crippen LogP contribution is -2.51. The number of esters is 1. The maximum atomic E-state index is 13.0. The SMILES string of the molecule is CCOC(=O)c1noc(-c2cccc(CNC(=O)C3Cc4ccccc4CN3C(C)=O)c2)n1. The molecule has 4 rings (SSSR count). The molecule has 0 spiro atoms. The van der Waals surface area contributed by atoms with Crippen molar-refractivity contribution in [3.8, 4) is 11.5 Å². The maximum absolute atomic E-state index is 13.0. The van der Waals surface area contributed by atoms with Gasteiger partial charge in [0.05, 0.1) is 6.61 Å². The Morgan fingerprint density at radius 3 is 2.70 bits per heavy atom. The van der Waals surface area contributed by atoms with Gasteiger partial charge in [0.15, 0.2) is 0 Å². The first-order valence-electron chi connectivity index (χ1n) is 10.7. The van der Waals surface area contributed by atoms with Gasteiger partial charge in [0.2, 0.25) is 11.8 Å². The first-order valence-corrected chi connectivity index (χ1v) is 10.7. The van der Waals surface area contributed by atoms with E-state index < -0.39 is 12.0 Å². The topological polar surface area (TPSA) is 115 Å². The number of amides is 2. The van der Waals surface area contributed by atoms with Gasteiger partial charge in [-0.25, -0.2) is 4.79 Å². The normalized spacial score (nSPS) is 15.0. The number of hydrogen-bond donors (Lipinski definition) is 1. The molecule has 0 saturated heterocycles. The Labute approximate surface area is 190 Å². The highest BCUT2D eigenvalue weighted by molar-refractivity contribution is 5.88. The van der Waals surface area contributed by atoms with E-state index >= 15 is 0 Å². The number of aromatic nitrogens is 2. The van der Waals surface area contributed by atoms with E-state index in [1.54, 1.807) is 30.0 Å². The molecule has 1 N–H and O–H groups in total. The molecule has 1 aromatic heterocycles. The lowest BCUT2D eigenvalue weighted by atomic mass is 9.93. The second-order valence-corrected chi connectivity index (χ2v) is 7.70. The van der Waals surface area contributed by atoms with Crippen LogP contribution in [0.3, 0.4) is 0 Å². The standard InChI is InChI=1S/C24H24N4O5/c1-3-32-24(31)21-26-23(33-27-21)18-10-6-7-16(11-18)13-25-22(30)20-12-17-8-4-5-9-19(17)14-28(20)15(2)29/h4-11,20H,3,12-14H2,1-2H3,(H,25,30). The fourth-order valence-corrected chi connectivity index (χ4v) is 3.83. The van der Waals surface area contributed by atoms with E-state index in [1.807, 2.05) is 30.3 Å². The third kappa shape index (κ3) is 4.92. The highest BCUT2D eigenvalue weighted by atomic mass is 16.5. The molecule has 3 aromatic rings. The van der Waals surface area contributed by atoms with Crippen molar-refractivity contribution in [2.75, 3.05) is 6.61 Å². The van der Waals surface area contributed by atoms with Crippen LogP contribution in [-0.2, 0) is 33.8 Å². The van der Waals surface area contributed by atoms with Crippen molar-refractivity contribution in [2.24, 2.45) is 0 Å². The van der Waals surface area contributed by atoms with Crippen LogP contribution in [0.2, 0.25) is 0 Å². The zero-order chi connectivity index (χ0) is 23.4. The van der Waals surface area contributed by atoms with Crippen molar-refractivity contribution >= 4 is 17.8 Å². The number of carbonyl (C=O) groups is 3. The minimum atomic E-state index is -0.653. The molecule has 1 aliphatic rings. The third-order valence-electron chi connectivity index (χ3n) is 5.48. The van der Waals surface area contributed by atoms with Gasteiger partial charge in [-0.2, -0.15) is 4.98 Å². The minimum absolute atomic E-state index is 0.138. The monoisotopic (exact) mass is 448 g/mol. The van der Waals surface area contributed by atoms with Crippen LogP contribution in [0.25, 0.3) is 11.5 Å². The molecule has 1 unspecified atom stereocenters. The zero-order valence-electron chi connectivity index (χ0n) is 18.4. The first-order chi connectivity index (χ1) is 16.0. The van der Waals surface area contributed by atoms with Crippen LogP contribution < -0.4 is 5.32 Å². The lowest BCUT2D eigenvalue weighted by Gasteiger charge is -2.35. The van der Waals surface area contributed by atoms with Crippen molar-refractivity contribution in [1.82, 2.24) is 20.4 Å². The fourth-order valence-electron chi connectivity index (χ4n) is 3.83. The maximum Gasteiger partial charge on any atom is 0.379 e. The Bertz CT molecular complexity index is 1190. The van der Waals surface area contributed by atoms with Gasteiger partial charge in [0.25, 0.3) is 11.7 Å². The molecule has 33 heavy (non-hydrogen) atoms. The van der Waals surface area contributed by atoms with Crippen LogP contribution in [0.5, 0.6) is 0 Å². The molecule has 2 amide bonds. The number of fused-ring (bicyclic) bond motifs is 1. The fraction of sp³-hybridized carbons (Fsp3) is 0.292. The first kappa shape index (κ1) is 22.2. The average Bonchev–Trinajstić information content (AvgIpc) is 3.32. The molecular weight excluding hydrogens is 424 g/mol. The summed E-state index contributed by atoms with van der Waals surface area (Å²) in [6.07, 6.45) is 0.472. The van der Waals surface area contributed by atoms with Crippen molar-refractivity contribution < 1.29 is 23.6 Å². The minimum Gasteiger partial charge on any atom is -0.460 e. The van der Waals surface area contributed by atoms with Crippen LogP contribution in [-0.4, -0.2) is 45.5 Å². The van der Waals surface area contributed by atoms with E-state index in [0.717, 1.165) is 16.7 Å². The number of benzene rings is 2. The predicted octanol–water partition coefficient (Wildman–Crippen LogP) is 2.50. The van der Waals surface area contributed by atoms with Gasteiger partial charge in [-0.1, -0.05) is 36.4 Å². The van der Waals surface area contributed by atoms with E-state index in [-0.39, 0.29) is 36.7 Å². The summed E-state index contributed by atoms with van der Waals surface area (Å²) >= 11 is 0. The van der Waals surface area contributed by atoms with Gasteiger partial charge in [-0.3, -0.25) is 9.59 Å². The van der Waals surface area contributed by atoms with E-state index in [9.17, 15) is 14.4 Å². The van der Waals surface area contributed by atoms with Gasteiger partial charge in [-0.15, -0.1) is 0 Å². The molecule has 9 heteroatoms. The smallest absolute Gasteiger partial charge is 0.379 e. The second kappa shape index (κ2) is 9.64. The molecule has 1 aliphatic heterocycles. The molecule has 9 nitrogen and oxygen atoms in total. The molecule has 2 heterocycles. The van der Waals surface area contributed by atoms with E-state index in [1.165, 1.54) is 6.92 Å². The van der Waals surface area contributed by atoms with Gasteiger partial charge < -0.3 is 19.5 Å². The summed E-state index contributed by atoms with van der Waals surface area (Å²) in [7, 11) is 0. The summed E-state index contributed by atoms with van der Waals surface area (Å²) in [4.78, 5) is 42.6. The van der Waals surface area contributed by atoms with Crippen molar-refractivity contribution in [1.29, 1.82) is 0 Å². The molecular formula is C24H24N4O5. The summed E-state index contributed by atoms with van der Waals surface area (Å²) in [5.74, 6) is -0.974. The largest absolute Gasteiger partial charge is 0.460 e. The summed E-state index contributed by atoms with van der Waals surface area (Å²) < 4.78 is 10.0. The van der Waals surface area contributed by atoms with Crippen molar-refractivity contribution in [3.63, 3.8) is 0 Å². The molecule has 2 aromatic carbocycles. The quantitative estimate of drug-likeness (QED) is 0.576. The molecule has 0 bridgehead atoms. The van der Waals surface area contributed by atoms with Crippen LogP contribution in [0.15, 0.2) is 53.1 Å². The molecule has 0 fully saturated rings. The average molecular weight is 448 g/mol. The van der Waals surface area contributed by atoms with Gasteiger partial charge in [0, 0.05) is 32.0 Å². The number of hydrogen-bond acceptors (Lipinski definition) is 7. The van der Waals surface area contributed by atoms with Crippen molar-refractivity contribution in [2.45, 2.75) is 39.4 Å². The molecule has 0 saturated carbocycles. The highest BCUT2D eigenvalue weighted by Crippen LogP contribution is 2.24. The Morgan fingerprint density at radius 2 is 1.94 bits per heavy atom. The zero-order valence-corrected chi connectivity index (χ0v) is 18.4. The highest BCUT2D eigenvalue weighted by Gasteiger charge is 2.32. The predicted molar refractivity (Wildman–Crippen MR) is 118 cm³/mol. The van der Waals surface area contributed by atoms with Crippen LogP contribution in [0, 0.1) is 0 Å². The summed E-state index contributed by atoms with van der Waals surface area (Å²) in [5, 5.41) is 6.58. The Balaban J connectivity index is 1.44. The number of carbonyl (C=O) groups excluding carboxylic acids is 3. The summed E-state index contributed by atoms with van der Waals surface area (Å²) in [5.41, 5.74) is 3.56. The van der Waals surface area contributed by atoms with Gasteiger partial charge in [-0.05, 0) is 40.9 Å². The van der Waals surface area contributed by atoms with E-state index in [2.05, 4.69) is 15.5 Å². The Morgan fingerprint density at radius 1 is 1.15 bits per heavy atom. The molecule has 1 atom stereocenters. The summed E-state index contributed by atoms with van der Waals surface area (Å²) in [6, 6.07) is 14.5. The lowest BCUT2D eigenvalue weighted by molar-refractivity contribution is -0.140. The Hall–Kier alpha value is -4.01. The number of ether oxygens (including phenoxy) is 1. The van der Waals surface area contributed by atoms with Crippen LogP contribution in [0.4, 0.5) is 0 Å². The number of nitrogens with one attached hydrogen (secondary N) is 1. The summed E-state index contributed by atoms with van der Waals surface area (Å²) in [6.45, 7) is 4.06. The molecule has 170 valence electrons. The van der Waals surface area contributed by atoms with Gasteiger partial charge >= 0.3 is 5.97 Å². The molecule has 0 radical (unpaired) electrons. The third-order valence-corrected chi connectivity index (χ3v) is 5.48. The number of rotatable bonds is 6. The van der Waals surface area contributed by atoms with Crippen LogP contribution in [0.1, 0.15) is 41.2 Å². The van der Waals surface area contributed by atoms with E-state index in [4.69, 9.17) is 9.26 Å².